The third kappa shape index (κ3) is 5.40. The van der Waals surface area contributed by atoms with Crippen molar-refractivity contribution < 1.29 is 19.1 Å². The number of hydrazone groups is 1. The number of carbonyl (C=O) groups is 2. The molecule has 8 heteroatoms. The highest BCUT2D eigenvalue weighted by molar-refractivity contribution is 9.10. The van der Waals surface area contributed by atoms with Gasteiger partial charge in [0.25, 0.3) is 5.91 Å². The van der Waals surface area contributed by atoms with Crippen LogP contribution in [0.15, 0.2) is 119 Å². The third-order valence-electron chi connectivity index (χ3n) is 6.86. The molecule has 7 nitrogen and oxygen atoms in total. The van der Waals surface area contributed by atoms with E-state index in [0.29, 0.717) is 28.3 Å². The van der Waals surface area contributed by atoms with E-state index >= 15 is 0 Å². The molecule has 6 rings (SSSR count). The Kier molecular flexibility index (Phi) is 7.53. The summed E-state index contributed by atoms with van der Waals surface area (Å²) in [4.78, 5) is 29.7. The standard InChI is InChI=1S/C34H24BrN3O4/c1-41-26-15-11-23(12-16-26)34(40)42-29-18-14-25(35)19-24(29)20-36-38-33(39)32-30(22-8-3-2-4-9-22)28-17-13-21-7-5-6-10-27(21)31(28)37-32/h2-20,37H,1H3,(H,38,39). The Hall–Kier alpha value is -5.21. The lowest BCUT2D eigenvalue weighted by Gasteiger charge is -2.09. The zero-order valence-corrected chi connectivity index (χ0v) is 24.0. The van der Waals surface area contributed by atoms with Crippen LogP contribution in [0.1, 0.15) is 26.4 Å². The van der Waals surface area contributed by atoms with E-state index in [9.17, 15) is 9.59 Å². The van der Waals surface area contributed by atoms with Gasteiger partial charge in [-0.25, -0.2) is 10.2 Å². The minimum absolute atomic E-state index is 0.291. The molecule has 1 amide bonds. The minimum atomic E-state index is -0.531. The van der Waals surface area contributed by atoms with Crippen LogP contribution in [0.5, 0.6) is 11.5 Å². The maximum atomic E-state index is 13.5. The van der Waals surface area contributed by atoms with Crippen molar-refractivity contribution in [2.75, 3.05) is 7.11 Å². The number of aromatic nitrogens is 1. The Labute approximate surface area is 249 Å². The molecule has 0 saturated heterocycles. The van der Waals surface area contributed by atoms with Gasteiger partial charge < -0.3 is 14.5 Å². The summed E-state index contributed by atoms with van der Waals surface area (Å²) in [7, 11) is 1.56. The molecule has 0 radical (unpaired) electrons. The molecule has 0 aliphatic heterocycles. The maximum Gasteiger partial charge on any atom is 0.343 e. The lowest BCUT2D eigenvalue weighted by molar-refractivity contribution is 0.0734. The van der Waals surface area contributed by atoms with Gasteiger partial charge in [-0.3, -0.25) is 4.79 Å². The van der Waals surface area contributed by atoms with Crippen molar-refractivity contribution in [3.05, 3.63) is 130 Å². The van der Waals surface area contributed by atoms with Crippen LogP contribution in [-0.2, 0) is 0 Å². The Morgan fingerprint density at radius 3 is 2.40 bits per heavy atom. The second-order valence-corrected chi connectivity index (χ2v) is 10.4. The van der Waals surface area contributed by atoms with E-state index in [-0.39, 0.29) is 0 Å². The van der Waals surface area contributed by atoms with Crippen LogP contribution in [0.3, 0.4) is 0 Å². The lowest BCUT2D eigenvalue weighted by atomic mass is 9.99. The molecule has 1 aromatic heterocycles. The van der Waals surface area contributed by atoms with E-state index in [1.807, 2.05) is 60.7 Å². The Morgan fingerprint density at radius 1 is 0.857 bits per heavy atom. The van der Waals surface area contributed by atoms with E-state index in [1.54, 1.807) is 49.6 Å². The molecule has 6 aromatic rings. The molecule has 2 N–H and O–H groups in total. The van der Waals surface area contributed by atoms with Crippen LogP contribution in [-0.4, -0.2) is 30.2 Å². The number of methoxy groups -OCH3 is 1. The number of amides is 1. The van der Waals surface area contributed by atoms with Gasteiger partial charge in [0.05, 0.1) is 24.4 Å². The van der Waals surface area contributed by atoms with Crippen molar-refractivity contribution in [1.82, 2.24) is 10.4 Å². The second-order valence-electron chi connectivity index (χ2n) is 9.45. The first-order valence-corrected chi connectivity index (χ1v) is 13.9. The molecule has 5 aromatic carbocycles. The van der Waals surface area contributed by atoms with Gasteiger partial charge in [0.1, 0.15) is 17.2 Å². The molecule has 0 atom stereocenters. The topological polar surface area (TPSA) is 92.8 Å². The van der Waals surface area contributed by atoms with Crippen molar-refractivity contribution in [2.24, 2.45) is 5.10 Å². The van der Waals surface area contributed by atoms with Gasteiger partial charge in [-0.15, -0.1) is 0 Å². The first-order valence-electron chi connectivity index (χ1n) is 13.1. The quantitative estimate of drug-likeness (QED) is 0.0829. The van der Waals surface area contributed by atoms with Crippen LogP contribution < -0.4 is 14.9 Å². The molecule has 206 valence electrons. The third-order valence-corrected chi connectivity index (χ3v) is 7.35. The number of hydrogen-bond donors (Lipinski definition) is 2. The van der Waals surface area contributed by atoms with Gasteiger partial charge in [0, 0.05) is 26.4 Å². The lowest BCUT2D eigenvalue weighted by Crippen LogP contribution is -2.19. The van der Waals surface area contributed by atoms with Gasteiger partial charge in [0.2, 0.25) is 0 Å². The van der Waals surface area contributed by atoms with Gasteiger partial charge in [0.15, 0.2) is 0 Å². The molecule has 42 heavy (non-hydrogen) atoms. The van der Waals surface area contributed by atoms with Crippen molar-refractivity contribution in [2.45, 2.75) is 0 Å². The Morgan fingerprint density at radius 2 is 1.62 bits per heavy atom. The number of nitrogens with zero attached hydrogens (tertiary/aromatic N) is 1. The molecular weight excluding hydrogens is 594 g/mol. The zero-order chi connectivity index (χ0) is 29.1. The van der Waals surface area contributed by atoms with Gasteiger partial charge >= 0.3 is 5.97 Å². The Balaban J connectivity index is 1.30. The molecular formula is C34H24BrN3O4. The number of H-pyrrole nitrogens is 1. The number of halogens is 1. The van der Waals surface area contributed by atoms with E-state index in [2.05, 4.69) is 37.5 Å². The predicted octanol–water partition coefficient (Wildman–Crippen LogP) is 7.74. The fourth-order valence-corrected chi connectivity index (χ4v) is 5.21. The maximum absolute atomic E-state index is 13.5. The number of aromatic amines is 1. The number of fused-ring (bicyclic) bond motifs is 3. The van der Waals surface area contributed by atoms with Gasteiger partial charge in [-0.2, -0.15) is 5.10 Å². The van der Waals surface area contributed by atoms with E-state index < -0.39 is 11.9 Å². The summed E-state index contributed by atoms with van der Waals surface area (Å²) in [5, 5.41) is 7.25. The molecule has 0 fully saturated rings. The molecule has 0 aliphatic rings. The monoisotopic (exact) mass is 617 g/mol. The second kappa shape index (κ2) is 11.7. The van der Waals surface area contributed by atoms with Crippen LogP contribution in [0.2, 0.25) is 0 Å². The van der Waals surface area contributed by atoms with Crippen LogP contribution in [0, 0.1) is 0 Å². The van der Waals surface area contributed by atoms with E-state index in [4.69, 9.17) is 9.47 Å². The molecule has 0 aliphatic carbocycles. The van der Waals surface area contributed by atoms with Crippen molar-refractivity contribution in [3.8, 4) is 22.6 Å². The summed E-state index contributed by atoms with van der Waals surface area (Å²) < 4.78 is 11.6. The average Bonchev–Trinajstić information content (AvgIpc) is 3.43. The predicted molar refractivity (Wildman–Crippen MR) is 168 cm³/mol. The number of nitrogens with one attached hydrogen (secondary N) is 2. The smallest absolute Gasteiger partial charge is 0.343 e. The first-order chi connectivity index (χ1) is 20.5. The normalized spacial score (nSPS) is 11.2. The summed E-state index contributed by atoms with van der Waals surface area (Å²) in [5.74, 6) is -0.00924. The largest absolute Gasteiger partial charge is 0.497 e. The highest BCUT2D eigenvalue weighted by atomic mass is 79.9. The molecule has 0 spiro atoms. The average molecular weight is 618 g/mol. The van der Waals surface area contributed by atoms with Gasteiger partial charge in [-0.1, -0.05) is 82.7 Å². The number of carbonyl (C=O) groups excluding carboxylic acids is 2. The highest BCUT2D eigenvalue weighted by Gasteiger charge is 2.20. The summed E-state index contributed by atoms with van der Waals surface area (Å²) in [6.45, 7) is 0. The van der Waals surface area contributed by atoms with E-state index in [0.717, 1.165) is 37.3 Å². The van der Waals surface area contributed by atoms with Crippen molar-refractivity contribution >= 4 is 55.7 Å². The van der Waals surface area contributed by atoms with E-state index in [1.165, 1.54) is 6.21 Å². The summed E-state index contributed by atoms with van der Waals surface area (Å²) >= 11 is 3.45. The minimum Gasteiger partial charge on any atom is -0.497 e. The fraction of sp³-hybridized carbons (Fsp3) is 0.0294. The number of benzene rings is 5. The SMILES string of the molecule is COc1ccc(C(=O)Oc2ccc(Br)cc2C=NNC(=O)c2[nH]c3c(ccc4ccccc43)c2-c2ccccc2)cc1. The summed E-state index contributed by atoms with van der Waals surface area (Å²) in [6, 6.07) is 33.7. The fourth-order valence-electron chi connectivity index (χ4n) is 4.83. The number of hydrogen-bond acceptors (Lipinski definition) is 5. The number of ether oxygens (including phenoxy) is 2. The summed E-state index contributed by atoms with van der Waals surface area (Å²) in [5.41, 5.74) is 6.48. The van der Waals surface area contributed by atoms with Crippen LogP contribution >= 0.6 is 15.9 Å². The molecule has 0 unspecified atom stereocenters. The number of esters is 1. The van der Waals surface area contributed by atoms with Crippen molar-refractivity contribution in [3.63, 3.8) is 0 Å². The Bertz CT molecular complexity index is 1970. The van der Waals surface area contributed by atoms with Gasteiger partial charge in [-0.05, 0) is 53.4 Å². The zero-order valence-electron chi connectivity index (χ0n) is 22.4. The molecule has 0 saturated carbocycles. The molecule has 1 heterocycles. The molecule has 0 bridgehead atoms. The summed E-state index contributed by atoms with van der Waals surface area (Å²) in [6.07, 6.45) is 1.44. The first kappa shape index (κ1) is 27.0. The van der Waals surface area contributed by atoms with Crippen molar-refractivity contribution in [1.29, 1.82) is 0 Å². The van der Waals surface area contributed by atoms with Crippen LogP contribution in [0.4, 0.5) is 0 Å². The highest BCUT2D eigenvalue weighted by Crippen LogP contribution is 2.36. The van der Waals surface area contributed by atoms with Crippen LogP contribution in [0.25, 0.3) is 32.8 Å². The number of rotatable bonds is 7.